The van der Waals surface area contributed by atoms with E-state index in [2.05, 4.69) is 42.5 Å². The van der Waals surface area contributed by atoms with E-state index >= 15 is 0 Å². The minimum atomic E-state index is 0.268. The molecule has 5 heteroatoms. The van der Waals surface area contributed by atoms with Crippen LogP contribution in [0, 0.1) is 17.2 Å². The molecule has 0 saturated carbocycles. The molecule has 0 bridgehead atoms. The van der Waals surface area contributed by atoms with E-state index in [1.54, 1.807) is 0 Å². The highest BCUT2D eigenvalue weighted by Crippen LogP contribution is 2.10. The van der Waals surface area contributed by atoms with E-state index in [1.807, 2.05) is 31.2 Å². The fourth-order valence-electron chi connectivity index (χ4n) is 2.35. The summed E-state index contributed by atoms with van der Waals surface area (Å²) in [6.07, 6.45) is 1.22. The third-order valence-electron chi connectivity index (χ3n) is 3.69. The Labute approximate surface area is 146 Å². The van der Waals surface area contributed by atoms with E-state index in [-0.39, 0.29) is 6.10 Å². The molecule has 0 aliphatic carbocycles. The number of nitrogens with zero attached hydrogens (tertiary/aromatic N) is 2. The van der Waals surface area contributed by atoms with Gasteiger partial charge in [-0.05, 0) is 43.9 Å². The molecule has 0 aliphatic heterocycles. The minimum Gasteiger partial charge on any atom is -0.378 e. The van der Waals surface area contributed by atoms with E-state index in [4.69, 9.17) is 10.00 Å². The summed E-state index contributed by atoms with van der Waals surface area (Å²) in [6.45, 7) is 11.4. The molecule has 132 valence electrons. The van der Waals surface area contributed by atoms with Crippen LogP contribution in [0.3, 0.4) is 0 Å². The topological polar surface area (TPSA) is 69.4 Å². The third-order valence-corrected chi connectivity index (χ3v) is 3.69. The van der Waals surface area contributed by atoms with Crippen LogP contribution in [-0.2, 0) is 11.3 Å². The van der Waals surface area contributed by atoms with Crippen molar-refractivity contribution in [2.24, 2.45) is 10.9 Å². The molecular weight excluding hydrogens is 300 g/mol. The minimum absolute atomic E-state index is 0.268. The van der Waals surface area contributed by atoms with Crippen molar-refractivity contribution in [1.82, 2.24) is 10.6 Å². The van der Waals surface area contributed by atoms with Gasteiger partial charge in [0.15, 0.2) is 5.96 Å². The summed E-state index contributed by atoms with van der Waals surface area (Å²) in [5, 5.41) is 15.4. The maximum Gasteiger partial charge on any atom is 0.191 e. The predicted molar refractivity (Wildman–Crippen MR) is 98.8 cm³/mol. The Morgan fingerprint density at radius 1 is 1.21 bits per heavy atom. The molecule has 0 aromatic heterocycles. The van der Waals surface area contributed by atoms with E-state index < -0.39 is 0 Å². The highest BCUT2D eigenvalue weighted by Gasteiger charge is 2.12. The Kier molecular flexibility index (Phi) is 9.55. The number of nitrogens with one attached hydrogen (secondary N) is 2. The lowest BCUT2D eigenvalue weighted by atomic mass is 10.0. The van der Waals surface area contributed by atoms with E-state index in [0.29, 0.717) is 18.0 Å². The number of benzene rings is 1. The van der Waals surface area contributed by atoms with Gasteiger partial charge in [0.2, 0.25) is 0 Å². The first kappa shape index (κ1) is 20.0. The molecule has 2 N–H and O–H groups in total. The Morgan fingerprint density at radius 3 is 2.46 bits per heavy atom. The monoisotopic (exact) mass is 330 g/mol. The molecule has 0 saturated heterocycles. The largest absolute Gasteiger partial charge is 0.378 e. The average Bonchev–Trinajstić information content (AvgIpc) is 2.59. The Hall–Kier alpha value is -2.06. The third kappa shape index (κ3) is 7.47. The number of rotatable bonds is 9. The van der Waals surface area contributed by atoms with Gasteiger partial charge in [0.1, 0.15) is 0 Å². The van der Waals surface area contributed by atoms with Crippen molar-refractivity contribution in [1.29, 1.82) is 5.26 Å². The van der Waals surface area contributed by atoms with Crippen molar-refractivity contribution in [2.45, 2.75) is 46.8 Å². The number of guanidine groups is 1. The summed E-state index contributed by atoms with van der Waals surface area (Å²) in [7, 11) is 0. The lowest BCUT2D eigenvalue weighted by Gasteiger charge is -2.21. The van der Waals surface area contributed by atoms with E-state index in [1.165, 1.54) is 0 Å². The van der Waals surface area contributed by atoms with Crippen LogP contribution < -0.4 is 10.6 Å². The normalized spacial score (nSPS) is 12.8. The smallest absolute Gasteiger partial charge is 0.191 e. The molecule has 1 aromatic rings. The molecule has 0 fully saturated rings. The molecule has 1 rings (SSSR count). The molecule has 1 atom stereocenters. The predicted octanol–water partition coefficient (Wildman–Crippen LogP) is 3.06. The van der Waals surface area contributed by atoms with Gasteiger partial charge in [-0.15, -0.1) is 0 Å². The Bertz CT molecular complexity index is 531. The first-order valence-electron chi connectivity index (χ1n) is 8.73. The van der Waals surface area contributed by atoms with Crippen LogP contribution in [0.2, 0.25) is 0 Å². The highest BCUT2D eigenvalue weighted by molar-refractivity contribution is 5.79. The summed E-state index contributed by atoms with van der Waals surface area (Å²) >= 11 is 0. The summed E-state index contributed by atoms with van der Waals surface area (Å²) < 4.78 is 5.77. The van der Waals surface area contributed by atoms with Crippen molar-refractivity contribution in [3.63, 3.8) is 0 Å². The van der Waals surface area contributed by atoms with E-state index in [0.717, 1.165) is 37.6 Å². The SMILES string of the molecule is CCNC(=NCc1ccc(C#N)cc1)NCCC(OCC)C(C)C. The van der Waals surface area contributed by atoms with E-state index in [9.17, 15) is 0 Å². The standard InChI is InChI=1S/C19H30N4O/c1-5-21-19(22-12-11-18(15(3)4)24-6-2)23-14-17-9-7-16(13-20)8-10-17/h7-10,15,18H,5-6,11-12,14H2,1-4H3,(H2,21,22,23). The second kappa shape index (κ2) is 11.5. The molecule has 5 nitrogen and oxygen atoms in total. The molecule has 0 heterocycles. The van der Waals surface area contributed by atoms with Crippen molar-refractivity contribution in [2.75, 3.05) is 19.7 Å². The zero-order valence-corrected chi connectivity index (χ0v) is 15.3. The van der Waals surface area contributed by atoms with Gasteiger partial charge < -0.3 is 15.4 Å². The van der Waals surface area contributed by atoms with Crippen LogP contribution in [0.25, 0.3) is 0 Å². The first-order chi connectivity index (χ1) is 11.6. The average molecular weight is 330 g/mol. The number of hydrogen-bond donors (Lipinski definition) is 2. The van der Waals surface area contributed by atoms with Gasteiger partial charge in [-0.1, -0.05) is 26.0 Å². The van der Waals surface area contributed by atoms with Crippen molar-refractivity contribution in [3.05, 3.63) is 35.4 Å². The molecule has 0 radical (unpaired) electrons. The van der Waals surface area contributed by atoms with Crippen molar-refractivity contribution >= 4 is 5.96 Å². The summed E-state index contributed by atoms with van der Waals surface area (Å²) in [4.78, 5) is 4.60. The second-order valence-electron chi connectivity index (χ2n) is 5.96. The van der Waals surface area contributed by atoms with Crippen LogP contribution in [0.1, 0.15) is 45.2 Å². The number of hydrogen-bond acceptors (Lipinski definition) is 3. The lowest BCUT2D eigenvalue weighted by molar-refractivity contribution is 0.0258. The van der Waals surface area contributed by atoms with Crippen LogP contribution in [-0.4, -0.2) is 31.8 Å². The first-order valence-corrected chi connectivity index (χ1v) is 8.73. The van der Waals surface area contributed by atoms with Gasteiger partial charge in [-0.2, -0.15) is 5.26 Å². The molecule has 0 aliphatic rings. The molecule has 1 aromatic carbocycles. The van der Waals surface area contributed by atoms with Gasteiger partial charge in [-0.3, -0.25) is 0 Å². The van der Waals surface area contributed by atoms with Gasteiger partial charge in [0, 0.05) is 19.7 Å². The van der Waals surface area contributed by atoms with Gasteiger partial charge in [0.25, 0.3) is 0 Å². The quantitative estimate of drug-likeness (QED) is 0.539. The maximum atomic E-state index is 8.83. The Morgan fingerprint density at radius 2 is 1.92 bits per heavy atom. The van der Waals surface area contributed by atoms with Gasteiger partial charge in [0.05, 0.1) is 24.3 Å². The maximum absolute atomic E-state index is 8.83. The van der Waals surface area contributed by atoms with Crippen molar-refractivity contribution in [3.8, 4) is 6.07 Å². The zero-order chi connectivity index (χ0) is 17.8. The summed E-state index contributed by atoms with van der Waals surface area (Å²) in [5.74, 6) is 1.31. The zero-order valence-electron chi connectivity index (χ0n) is 15.3. The number of nitriles is 1. The molecule has 1 unspecified atom stereocenters. The summed E-state index contributed by atoms with van der Waals surface area (Å²) in [5.41, 5.74) is 1.75. The molecule has 0 amide bonds. The van der Waals surface area contributed by atoms with Gasteiger partial charge >= 0.3 is 0 Å². The number of aliphatic imine (C=N–C) groups is 1. The lowest BCUT2D eigenvalue weighted by Crippen LogP contribution is -2.39. The van der Waals surface area contributed by atoms with Crippen LogP contribution in [0.15, 0.2) is 29.3 Å². The molecular formula is C19H30N4O. The van der Waals surface area contributed by atoms with Crippen LogP contribution in [0.5, 0.6) is 0 Å². The fraction of sp³-hybridized carbons (Fsp3) is 0.579. The molecule has 0 spiro atoms. The summed E-state index contributed by atoms with van der Waals surface area (Å²) in [6, 6.07) is 9.64. The highest BCUT2D eigenvalue weighted by atomic mass is 16.5. The fourth-order valence-corrected chi connectivity index (χ4v) is 2.35. The van der Waals surface area contributed by atoms with Crippen molar-refractivity contribution < 1.29 is 4.74 Å². The van der Waals surface area contributed by atoms with Crippen LogP contribution in [0.4, 0.5) is 0 Å². The second-order valence-corrected chi connectivity index (χ2v) is 5.96. The van der Waals surface area contributed by atoms with Gasteiger partial charge in [-0.25, -0.2) is 4.99 Å². The number of ether oxygens (including phenoxy) is 1. The Balaban J connectivity index is 2.54. The van der Waals surface area contributed by atoms with Crippen LogP contribution >= 0.6 is 0 Å². The molecule has 24 heavy (non-hydrogen) atoms.